The van der Waals surface area contributed by atoms with Crippen molar-refractivity contribution in [2.75, 3.05) is 0 Å². The molecule has 3 aromatic rings. The lowest BCUT2D eigenvalue weighted by Crippen LogP contribution is -2.32. The maximum absolute atomic E-state index is 2.35. The van der Waals surface area contributed by atoms with Gasteiger partial charge in [0.15, 0.2) is 0 Å². The van der Waals surface area contributed by atoms with Gasteiger partial charge in [-0.2, -0.15) is 4.57 Å². The van der Waals surface area contributed by atoms with Crippen LogP contribution in [-0.2, 0) is 13.5 Å². The van der Waals surface area contributed by atoms with Gasteiger partial charge in [-0.1, -0.05) is 37.6 Å². The van der Waals surface area contributed by atoms with Crippen LogP contribution in [0.1, 0.15) is 36.1 Å². The minimum absolute atomic E-state index is 0.669. The van der Waals surface area contributed by atoms with Gasteiger partial charge in [-0.25, -0.2) is 0 Å². The Morgan fingerprint density at radius 2 is 1.71 bits per heavy atom. The molecule has 0 unspecified atom stereocenters. The van der Waals surface area contributed by atoms with Gasteiger partial charge >= 0.3 is 0 Å². The van der Waals surface area contributed by atoms with Crippen LogP contribution in [0.2, 0.25) is 0 Å². The minimum Gasteiger partial charge on any atom is -0.194 e. The lowest BCUT2D eigenvalue weighted by molar-refractivity contribution is -0.633. The number of hydrogen-bond donors (Lipinski definition) is 0. The lowest BCUT2D eigenvalue weighted by Gasteiger charge is -2.12. The maximum atomic E-state index is 2.35. The standard InChI is InChI=1S/C23H28N/c1-15(2)12-19-8-7-9-22-20(19)10-11-23(24(22)6)21-14-16(3)13-17(4)18(21)5/h7-11,13-15H,12H2,1-6H3/q+1. The first-order valence-electron chi connectivity index (χ1n) is 8.87. The number of aryl methyl sites for hydroxylation is 3. The second kappa shape index (κ2) is 6.39. The lowest BCUT2D eigenvalue weighted by atomic mass is 9.95. The molecule has 0 amide bonds. The molecule has 0 N–H and O–H groups in total. The number of nitrogens with zero attached hydrogens (tertiary/aromatic N) is 1. The summed E-state index contributed by atoms with van der Waals surface area (Å²) in [6.45, 7) is 11.2. The van der Waals surface area contributed by atoms with Crippen LogP contribution in [-0.4, -0.2) is 0 Å². The summed E-state index contributed by atoms with van der Waals surface area (Å²) in [7, 11) is 2.19. The van der Waals surface area contributed by atoms with Crippen molar-refractivity contribution < 1.29 is 4.57 Å². The quantitative estimate of drug-likeness (QED) is 0.565. The van der Waals surface area contributed by atoms with E-state index >= 15 is 0 Å². The zero-order valence-corrected chi connectivity index (χ0v) is 15.8. The first kappa shape index (κ1) is 16.7. The Bertz CT molecular complexity index is 904. The molecular weight excluding hydrogens is 290 g/mol. The summed E-state index contributed by atoms with van der Waals surface area (Å²) in [5.41, 5.74) is 9.43. The molecule has 1 aromatic heterocycles. The summed E-state index contributed by atoms with van der Waals surface area (Å²) < 4.78 is 2.35. The Morgan fingerprint density at radius 1 is 0.958 bits per heavy atom. The van der Waals surface area contributed by atoms with Gasteiger partial charge in [-0.15, -0.1) is 0 Å². The normalized spacial score (nSPS) is 11.5. The van der Waals surface area contributed by atoms with E-state index in [0.29, 0.717) is 5.92 Å². The zero-order chi connectivity index (χ0) is 17.4. The molecule has 124 valence electrons. The van der Waals surface area contributed by atoms with Crippen LogP contribution in [0.15, 0.2) is 42.5 Å². The molecule has 0 aliphatic rings. The molecule has 1 heteroatoms. The highest BCUT2D eigenvalue weighted by molar-refractivity contribution is 5.81. The minimum atomic E-state index is 0.669. The summed E-state index contributed by atoms with van der Waals surface area (Å²) in [5.74, 6) is 0.669. The molecule has 0 aliphatic carbocycles. The Hall–Kier alpha value is -2.15. The van der Waals surface area contributed by atoms with E-state index in [1.807, 2.05) is 0 Å². The average Bonchev–Trinajstić information content (AvgIpc) is 2.52. The molecule has 0 saturated heterocycles. The Balaban J connectivity index is 2.24. The number of benzene rings is 2. The van der Waals surface area contributed by atoms with Gasteiger partial charge in [0.1, 0.15) is 7.05 Å². The Kier molecular flexibility index (Phi) is 4.45. The number of rotatable bonds is 3. The van der Waals surface area contributed by atoms with Crippen molar-refractivity contribution in [3.8, 4) is 11.3 Å². The molecule has 24 heavy (non-hydrogen) atoms. The highest BCUT2D eigenvalue weighted by Crippen LogP contribution is 2.27. The Morgan fingerprint density at radius 3 is 2.42 bits per heavy atom. The molecule has 0 radical (unpaired) electrons. The van der Waals surface area contributed by atoms with Crippen molar-refractivity contribution in [2.45, 2.75) is 41.0 Å². The van der Waals surface area contributed by atoms with E-state index in [-0.39, 0.29) is 0 Å². The van der Waals surface area contributed by atoms with E-state index in [2.05, 4.69) is 88.7 Å². The summed E-state index contributed by atoms with van der Waals surface area (Å²) in [5, 5.41) is 1.37. The van der Waals surface area contributed by atoms with Crippen molar-refractivity contribution in [1.29, 1.82) is 0 Å². The molecule has 0 atom stereocenters. The van der Waals surface area contributed by atoms with Crippen molar-refractivity contribution in [3.63, 3.8) is 0 Å². The number of aromatic nitrogens is 1. The van der Waals surface area contributed by atoms with E-state index in [9.17, 15) is 0 Å². The summed E-state index contributed by atoms with van der Waals surface area (Å²) in [6.07, 6.45) is 1.12. The third kappa shape index (κ3) is 2.96. The number of hydrogen-bond acceptors (Lipinski definition) is 0. The molecule has 0 aliphatic heterocycles. The fourth-order valence-corrected chi connectivity index (χ4v) is 3.68. The van der Waals surface area contributed by atoms with E-state index in [0.717, 1.165) is 6.42 Å². The van der Waals surface area contributed by atoms with Crippen LogP contribution in [0.4, 0.5) is 0 Å². The molecule has 0 spiro atoms. The molecule has 2 aromatic carbocycles. The number of pyridine rings is 1. The van der Waals surface area contributed by atoms with E-state index in [1.54, 1.807) is 0 Å². The first-order chi connectivity index (χ1) is 11.4. The van der Waals surface area contributed by atoms with Gasteiger partial charge < -0.3 is 0 Å². The van der Waals surface area contributed by atoms with Crippen LogP contribution >= 0.6 is 0 Å². The highest BCUT2D eigenvalue weighted by Gasteiger charge is 2.18. The maximum Gasteiger partial charge on any atom is 0.213 e. The first-order valence-corrected chi connectivity index (χ1v) is 8.87. The molecule has 1 heterocycles. The predicted octanol–water partition coefficient (Wildman–Crippen LogP) is 5.46. The number of fused-ring (bicyclic) bond motifs is 1. The van der Waals surface area contributed by atoms with Gasteiger partial charge in [0.25, 0.3) is 0 Å². The van der Waals surface area contributed by atoms with Crippen LogP contribution in [0.25, 0.3) is 22.2 Å². The molecule has 3 rings (SSSR count). The second-order valence-corrected chi connectivity index (χ2v) is 7.48. The Labute approximate surface area is 146 Å². The van der Waals surface area contributed by atoms with Crippen LogP contribution < -0.4 is 4.57 Å². The van der Waals surface area contributed by atoms with E-state index in [4.69, 9.17) is 0 Å². The third-order valence-corrected chi connectivity index (χ3v) is 5.02. The zero-order valence-electron chi connectivity index (χ0n) is 15.8. The van der Waals surface area contributed by atoms with Crippen LogP contribution in [0, 0.1) is 26.7 Å². The molecule has 1 nitrogen and oxygen atoms in total. The summed E-state index contributed by atoms with van der Waals surface area (Å²) in [4.78, 5) is 0. The van der Waals surface area contributed by atoms with Crippen LogP contribution in [0.3, 0.4) is 0 Å². The molecular formula is C23H28N+. The molecule has 0 fully saturated rings. The SMILES string of the molecule is Cc1cc(C)c(C)c(-c2ccc3c(CC(C)C)cccc3[n+]2C)c1. The fourth-order valence-electron chi connectivity index (χ4n) is 3.68. The smallest absolute Gasteiger partial charge is 0.194 e. The largest absolute Gasteiger partial charge is 0.213 e. The van der Waals surface area contributed by atoms with Crippen molar-refractivity contribution in [2.24, 2.45) is 13.0 Å². The third-order valence-electron chi connectivity index (χ3n) is 5.02. The van der Waals surface area contributed by atoms with Crippen molar-refractivity contribution in [1.82, 2.24) is 0 Å². The predicted molar refractivity (Wildman–Crippen MR) is 103 cm³/mol. The average molecular weight is 318 g/mol. The van der Waals surface area contributed by atoms with Gasteiger partial charge in [-0.3, -0.25) is 0 Å². The van der Waals surface area contributed by atoms with Crippen molar-refractivity contribution in [3.05, 3.63) is 64.7 Å². The van der Waals surface area contributed by atoms with Crippen molar-refractivity contribution >= 4 is 10.9 Å². The van der Waals surface area contributed by atoms with Crippen LogP contribution in [0.5, 0.6) is 0 Å². The van der Waals surface area contributed by atoms with Gasteiger partial charge in [0.2, 0.25) is 11.2 Å². The molecule has 0 saturated carbocycles. The van der Waals surface area contributed by atoms with Gasteiger partial charge in [0.05, 0.1) is 0 Å². The van der Waals surface area contributed by atoms with E-state index in [1.165, 1.54) is 44.4 Å². The highest BCUT2D eigenvalue weighted by atomic mass is 14.9. The summed E-state index contributed by atoms with van der Waals surface area (Å²) in [6, 6.07) is 15.9. The van der Waals surface area contributed by atoms with Gasteiger partial charge in [0, 0.05) is 23.1 Å². The second-order valence-electron chi connectivity index (χ2n) is 7.48. The van der Waals surface area contributed by atoms with E-state index < -0.39 is 0 Å². The summed E-state index contributed by atoms with van der Waals surface area (Å²) >= 11 is 0. The molecule has 0 bridgehead atoms. The monoisotopic (exact) mass is 318 g/mol. The fraction of sp³-hybridized carbons (Fsp3) is 0.348. The topological polar surface area (TPSA) is 3.88 Å². The van der Waals surface area contributed by atoms with Gasteiger partial charge in [-0.05, 0) is 61.9 Å².